The van der Waals surface area contributed by atoms with Crippen LogP contribution in [0.15, 0.2) is 34.1 Å². The van der Waals surface area contributed by atoms with Crippen LogP contribution in [0.1, 0.15) is 19.3 Å². The number of urea groups is 1. The molecule has 3 rings (SSSR count). The van der Waals surface area contributed by atoms with E-state index in [9.17, 15) is 4.79 Å². The van der Waals surface area contributed by atoms with Crippen molar-refractivity contribution >= 4 is 39.1 Å². The molecule has 2 N–H and O–H groups in total. The normalized spacial score (nSPS) is 17.5. The Labute approximate surface area is 147 Å². The molecular formula is C16H18BrN3O2S. The largest absolute Gasteiger partial charge is 0.396 e. The third kappa shape index (κ3) is 3.91. The Kier molecular flexibility index (Phi) is 5.30. The fourth-order valence-electron chi connectivity index (χ4n) is 2.79. The highest BCUT2D eigenvalue weighted by molar-refractivity contribution is 9.10. The van der Waals surface area contributed by atoms with Gasteiger partial charge in [-0.25, -0.2) is 9.78 Å². The van der Waals surface area contributed by atoms with Crippen molar-refractivity contribution in [2.24, 2.45) is 0 Å². The Balaban J connectivity index is 1.66. The molecule has 2 amide bonds. The number of carbonyl (C=O) groups is 1. The monoisotopic (exact) mass is 395 g/mol. The predicted octanol–water partition coefficient (Wildman–Crippen LogP) is 3.95. The molecule has 2 heterocycles. The van der Waals surface area contributed by atoms with Crippen molar-refractivity contribution in [3.63, 3.8) is 0 Å². The summed E-state index contributed by atoms with van der Waals surface area (Å²) in [6, 6.07) is 7.92. The van der Waals surface area contributed by atoms with E-state index in [0.29, 0.717) is 12.2 Å². The number of thiazole rings is 1. The molecule has 1 aliphatic rings. The summed E-state index contributed by atoms with van der Waals surface area (Å²) in [6.07, 6.45) is 2.57. The van der Waals surface area contributed by atoms with Gasteiger partial charge in [0.1, 0.15) is 10.8 Å². The molecule has 0 aliphatic carbocycles. The van der Waals surface area contributed by atoms with Crippen LogP contribution in [0.4, 0.5) is 10.6 Å². The number of rotatable bonds is 4. The first-order chi connectivity index (χ1) is 11.2. The minimum absolute atomic E-state index is 0.110. The Bertz CT molecular complexity index is 674. The quantitative estimate of drug-likeness (QED) is 0.823. The van der Waals surface area contributed by atoms with Crippen LogP contribution in [0.25, 0.3) is 10.6 Å². The van der Waals surface area contributed by atoms with Gasteiger partial charge in [-0.1, -0.05) is 28.1 Å². The van der Waals surface area contributed by atoms with Crippen molar-refractivity contribution in [1.29, 1.82) is 0 Å². The van der Waals surface area contributed by atoms with Gasteiger partial charge in [0.2, 0.25) is 0 Å². The summed E-state index contributed by atoms with van der Waals surface area (Å²) in [5.74, 6) is 0.576. The van der Waals surface area contributed by atoms with E-state index in [2.05, 4.69) is 26.2 Å². The van der Waals surface area contributed by atoms with Gasteiger partial charge in [-0.2, -0.15) is 0 Å². The van der Waals surface area contributed by atoms with E-state index in [1.54, 1.807) is 4.90 Å². The first kappa shape index (κ1) is 16.4. The fourth-order valence-corrected chi connectivity index (χ4v) is 3.81. The standard InChI is InChI=1S/C16H18BrN3O2S/c17-12-5-3-11(4-6-12)15-18-14(10-23-15)19-16(22)20-8-1-2-13(20)7-9-21/h3-6,10,13,21H,1-2,7-9H2,(H,19,22). The lowest BCUT2D eigenvalue weighted by molar-refractivity contribution is 0.189. The van der Waals surface area contributed by atoms with Crippen molar-refractivity contribution in [2.45, 2.75) is 25.3 Å². The van der Waals surface area contributed by atoms with Crippen LogP contribution in [0.5, 0.6) is 0 Å². The third-order valence-corrected chi connectivity index (χ3v) is 5.35. The fraction of sp³-hybridized carbons (Fsp3) is 0.375. The minimum Gasteiger partial charge on any atom is -0.396 e. The number of likely N-dealkylation sites (tertiary alicyclic amines) is 1. The number of amides is 2. The molecule has 1 aromatic carbocycles. The number of aromatic nitrogens is 1. The van der Waals surface area contributed by atoms with E-state index < -0.39 is 0 Å². The molecule has 1 aromatic heterocycles. The van der Waals surface area contributed by atoms with Gasteiger partial charge in [-0.05, 0) is 31.4 Å². The third-order valence-electron chi connectivity index (χ3n) is 3.93. The van der Waals surface area contributed by atoms with Gasteiger partial charge >= 0.3 is 6.03 Å². The van der Waals surface area contributed by atoms with Crippen LogP contribution < -0.4 is 5.32 Å². The maximum atomic E-state index is 12.4. The van der Waals surface area contributed by atoms with E-state index >= 15 is 0 Å². The van der Waals surface area contributed by atoms with Gasteiger partial charge in [0, 0.05) is 34.6 Å². The zero-order chi connectivity index (χ0) is 16.2. The molecule has 2 aromatic rings. The first-order valence-electron chi connectivity index (χ1n) is 7.57. The van der Waals surface area contributed by atoms with Crippen molar-refractivity contribution < 1.29 is 9.90 Å². The first-order valence-corrected chi connectivity index (χ1v) is 9.24. The number of benzene rings is 1. The maximum absolute atomic E-state index is 12.4. The van der Waals surface area contributed by atoms with Crippen LogP contribution in [0.3, 0.4) is 0 Å². The zero-order valence-corrected chi connectivity index (χ0v) is 14.9. The average molecular weight is 396 g/mol. The van der Waals surface area contributed by atoms with E-state index in [0.717, 1.165) is 34.4 Å². The summed E-state index contributed by atoms with van der Waals surface area (Å²) in [5, 5.41) is 14.7. The molecule has 1 fully saturated rings. The highest BCUT2D eigenvalue weighted by Gasteiger charge is 2.28. The highest BCUT2D eigenvalue weighted by atomic mass is 79.9. The van der Waals surface area contributed by atoms with Crippen LogP contribution in [0, 0.1) is 0 Å². The number of aliphatic hydroxyl groups excluding tert-OH is 1. The van der Waals surface area contributed by atoms with Gasteiger partial charge in [0.25, 0.3) is 0 Å². The number of aliphatic hydroxyl groups is 1. The van der Waals surface area contributed by atoms with Crippen molar-refractivity contribution in [3.05, 3.63) is 34.1 Å². The van der Waals surface area contributed by atoms with Crippen molar-refractivity contribution in [2.75, 3.05) is 18.5 Å². The van der Waals surface area contributed by atoms with Gasteiger partial charge in [-0.3, -0.25) is 5.32 Å². The van der Waals surface area contributed by atoms with E-state index in [4.69, 9.17) is 5.11 Å². The molecule has 1 unspecified atom stereocenters. The van der Waals surface area contributed by atoms with E-state index in [1.807, 2.05) is 29.6 Å². The van der Waals surface area contributed by atoms with E-state index in [1.165, 1.54) is 11.3 Å². The number of carbonyl (C=O) groups excluding carboxylic acids is 1. The molecule has 0 bridgehead atoms. The van der Waals surface area contributed by atoms with Crippen LogP contribution in [0.2, 0.25) is 0 Å². The molecule has 0 spiro atoms. The number of halogens is 1. The summed E-state index contributed by atoms with van der Waals surface area (Å²) in [5.41, 5.74) is 1.03. The molecule has 5 nitrogen and oxygen atoms in total. The number of nitrogens with one attached hydrogen (secondary N) is 1. The number of nitrogens with zero attached hydrogens (tertiary/aromatic N) is 2. The maximum Gasteiger partial charge on any atom is 0.323 e. The van der Waals surface area contributed by atoms with Crippen molar-refractivity contribution in [1.82, 2.24) is 9.88 Å². The molecule has 1 aliphatic heterocycles. The number of hydrogen-bond donors (Lipinski definition) is 2. The summed E-state index contributed by atoms with van der Waals surface area (Å²) in [4.78, 5) is 18.7. The summed E-state index contributed by atoms with van der Waals surface area (Å²) in [7, 11) is 0. The zero-order valence-electron chi connectivity index (χ0n) is 12.5. The predicted molar refractivity (Wildman–Crippen MR) is 95.7 cm³/mol. The summed E-state index contributed by atoms with van der Waals surface area (Å²) < 4.78 is 1.02. The van der Waals surface area contributed by atoms with Crippen LogP contribution >= 0.6 is 27.3 Å². The minimum atomic E-state index is -0.131. The molecule has 1 saturated heterocycles. The average Bonchev–Trinajstić information content (AvgIpc) is 3.18. The molecule has 0 saturated carbocycles. The Morgan fingerprint density at radius 1 is 1.43 bits per heavy atom. The molecule has 23 heavy (non-hydrogen) atoms. The molecule has 122 valence electrons. The molecular weight excluding hydrogens is 378 g/mol. The second-order valence-corrected chi connectivity index (χ2v) is 7.25. The van der Waals surface area contributed by atoms with Crippen LogP contribution in [-0.4, -0.2) is 40.2 Å². The Hall–Kier alpha value is -1.44. The summed E-state index contributed by atoms with van der Waals surface area (Å²) >= 11 is 4.92. The topological polar surface area (TPSA) is 65.5 Å². The SMILES string of the molecule is O=C(Nc1csc(-c2ccc(Br)cc2)n1)N1CCCC1CCO. The molecule has 0 radical (unpaired) electrons. The van der Waals surface area contributed by atoms with Gasteiger partial charge in [-0.15, -0.1) is 11.3 Å². The highest BCUT2D eigenvalue weighted by Crippen LogP contribution is 2.28. The number of anilines is 1. The number of hydrogen-bond acceptors (Lipinski definition) is 4. The van der Waals surface area contributed by atoms with E-state index in [-0.39, 0.29) is 18.7 Å². The van der Waals surface area contributed by atoms with Crippen molar-refractivity contribution in [3.8, 4) is 10.6 Å². The van der Waals surface area contributed by atoms with Gasteiger partial charge < -0.3 is 10.0 Å². The second kappa shape index (κ2) is 7.42. The lowest BCUT2D eigenvalue weighted by Gasteiger charge is -2.23. The van der Waals surface area contributed by atoms with Gasteiger partial charge in [0.15, 0.2) is 0 Å². The lowest BCUT2D eigenvalue weighted by atomic mass is 10.1. The lowest BCUT2D eigenvalue weighted by Crippen LogP contribution is -2.39. The van der Waals surface area contributed by atoms with Gasteiger partial charge in [0.05, 0.1) is 0 Å². The second-order valence-electron chi connectivity index (χ2n) is 5.48. The van der Waals surface area contributed by atoms with Crippen LogP contribution in [-0.2, 0) is 0 Å². The summed E-state index contributed by atoms with van der Waals surface area (Å²) in [6.45, 7) is 0.846. The Morgan fingerprint density at radius 2 is 2.22 bits per heavy atom. The molecule has 7 heteroatoms. The Morgan fingerprint density at radius 3 is 2.96 bits per heavy atom. The molecule has 1 atom stereocenters. The smallest absolute Gasteiger partial charge is 0.323 e.